The average molecular weight is 138 g/mol. The molecule has 0 aliphatic heterocycles. The first kappa shape index (κ1) is 8.33. The van der Waals surface area contributed by atoms with Crippen LogP contribution >= 0.6 is 0 Å². The summed E-state index contributed by atoms with van der Waals surface area (Å²) in [4.78, 5) is 9.89. The molecule has 0 aromatic rings. The summed E-state index contributed by atoms with van der Waals surface area (Å²) in [5, 5.41) is 8.06. The Kier molecular flexibility index (Phi) is 3.12. The first-order valence-corrected chi connectivity index (χ1v) is 2.60. The van der Waals surface area contributed by atoms with E-state index in [2.05, 4.69) is 0 Å². The monoisotopic (exact) mass is 138 g/mol. The first-order valence-electron chi connectivity index (χ1n) is 2.60. The molecule has 0 amide bonds. The number of carbonyl (C=O) groups is 1. The van der Waals surface area contributed by atoms with Gasteiger partial charge in [-0.1, -0.05) is 6.92 Å². The van der Waals surface area contributed by atoms with E-state index in [4.69, 9.17) is 5.11 Å². The van der Waals surface area contributed by atoms with Crippen molar-refractivity contribution in [2.75, 3.05) is 0 Å². The Hall–Kier alpha value is -0.670. The zero-order valence-electron chi connectivity index (χ0n) is 4.97. The van der Waals surface area contributed by atoms with Crippen LogP contribution in [0, 0.1) is 5.92 Å². The van der Waals surface area contributed by atoms with E-state index in [0.717, 1.165) is 0 Å². The third-order valence-corrected chi connectivity index (χ3v) is 1.06. The van der Waals surface area contributed by atoms with Crippen LogP contribution in [0.15, 0.2) is 0 Å². The van der Waals surface area contributed by atoms with Crippen molar-refractivity contribution in [1.29, 1.82) is 0 Å². The molecule has 0 aromatic heterocycles. The fourth-order valence-corrected chi connectivity index (χ4v) is 0.461. The van der Waals surface area contributed by atoms with Gasteiger partial charge in [0.05, 0.1) is 0 Å². The first-order chi connectivity index (χ1) is 4.09. The van der Waals surface area contributed by atoms with Crippen molar-refractivity contribution in [2.45, 2.75) is 19.8 Å². The molecule has 2 nitrogen and oxygen atoms in total. The van der Waals surface area contributed by atoms with Gasteiger partial charge in [0.2, 0.25) is 0 Å². The third-order valence-electron chi connectivity index (χ3n) is 1.06. The van der Waals surface area contributed by atoms with Gasteiger partial charge in [-0.2, -0.15) is 0 Å². The molecule has 0 rings (SSSR count). The van der Waals surface area contributed by atoms with Crippen molar-refractivity contribution in [3.8, 4) is 0 Å². The van der Waals surface area contributed by atoms with Gasteiger partial charge in [-0.25, -0.2) is 8.78 Å². The van der Waals surface area contributed by atoms with E-state index in [1.165, 1.54) is 6.92 Å². The lowest BCUT2D eigenvalue weighted by Gasteiger charge is -2.05. The molecule has 0 spiro atoms. The number of hydrogen-bond donors (Lipinski definition) is 1. The number of halogens is 2. The molecule has 0 unspecified atom stereocenters. The van der Waals surface area contributed by atoms with Crippen molar-refractivity contribution in [2.24, 2.45) is 5.92 Å². The zero-order chi connectivity index (χ0) is 7.44. The summed E-state index contributed by atoms with van der Waals surface area (Å²) < 4.78 is 23.1. The Balaban J connectivity index is 3.83. The van der Waals surface area contributed by atoms with Crippen molar-refractivity contribution in [1.82, 2.24) is 0 Å². The van der Waals surface area contributed by atoms with Gasteiger partial charge in [0.25, 0.3) is 6.43 Å². The third kappa shape index (κ3) is 2.39. The van der Waals surface area contributed by atoms with Crippen molar-refractivity contribution >= 4 is 5.97 Å². The Morgan fingerprint density at radius 3 is 2.11 bits per heavy atom. The summed E-state index contributed by atoms with van der Waals surface area (Å²) in [7, 11) is 0. The summed E-state index contributed by atoms with van der Waals surface area (Å²) in [6, 6.07) is 0. The van der Waals surface area contributed by atoms with Crippen LogP contribution < -0.4 is 0 Å². The number of aliphatic carboxylic acids is 1. The smallest absolute Gasteiger partial charge is 0.312 e. The minimum absolute atomic E-state index is 0.0208. The van der Waals surface area contributed by atoms with Gasteiger partial charge in [-0.3, -0.25) is 4.79 Å². The Bertz CT molecular complexity index is 103. The van der Waals surface area contributed by atoms with Crippen LogP contribution in [0.25, 0.3) is 0 Å². The van der Waals surface area contributed by atoms with Gasteiger partial charge in [-0.05, 0) is 6.42 Å². The predicted molar refractivity (Wildman–Crippen MR) is 27.4 cm³/mol. The van der Waals surface area contributed by atoms with Gasteiger partial charge in [0, 0.05) is 0 Å². The SMILES string of the molecule is CC[C@H](C(=O)O)C(F)F. The molecule has 0 fully saturated rings. The van der Waals surface area contributed by atoms with E-state index < -0.39 is 18.3 Å². The van der Waals surface area contributed by atoms with E-state index in [-0.39, 0.29) is 6.42 Å². The van der Waals surface area contributed by atoms with Crippen LogP contribution in [-0.2, 0) is 4.79 Å². The molecule has 0 aromatic carbocycles. The molecule has 9 heavy (non-hydrogen) atoms. The van der Waals surface area contributed by atoms with Crippen LogP contribution in [0.1, 0.15) is 13.3 Å². The average Bonchev–Trinajstić information content (AvgIpc) is 1.64. The second kappa shape index (κ2) is 3.37. The summed E-state index contributed by atoms with van der Waals surface area (Å²) in [5.74, 6) is -2.92. The van der Waals surface area contributed by atoms with Crippen LogP contribution in [0.2, 0.25) is 0 Å². The molecule has 0 saturated heterocycles. The molecule has 1 N–H and O–H groups in total. The Morgan fingerprint density at radius 1 is 1.67 bits per heavy atom. The van der Waals surface area contributed by atoms with Crippen LogP contribution in [-0.4, -0.2) is 17.5 Å². The summed E-state index contributed by atoms with van der Waals surface area (Å²) in [6.07, 6.45) is -2.76. The minimum atomic E-state index is -2.74. The van der Waals surface area contributed by atoms with Gasteiger partial charge < -0.3 is 5.11 Å². The Morgan fingerprint density at radius 2 is 2.11 bits per heavy atom. The summed E-state index contributed by atoms with van der Waals surface area (Å²) >= 11 is 0. The molecular formula is C5H8F2O2. The molecule has 0 saturated carbocycles. The van der Waals surface area contributed by atoms with Crippen molar-refractivity contribution < 1.29 is 18.7 Å². The van der Waals surface area contributed by atoms with Crippen molar-refractivity contribution in [3.63, 3.8) is 0 Å². The molecule has 0 heterocycles. The van der Waals surface area contributed by atoms with Crippen molar-refractivity contribution in [3.05, 3.63) is 0 Å². The highest BCUT2D eigenvalue weighted by Gasteiger charge is 2.25. The number of rotatable bonds is 3. The summed E-state index contributed by atoms with van der Waals surface area (Å²) in [6.45, 7) is 1.42. The maximum atomic E-state index is 11.6. The van der Waals surface area contributed by atoms with Crippen LogP contribution in [0.3, 0.4) is 0 Å². The highest BCUT2D eigenvalue weighted by Crippen LogP contribution is 2.12. The maximum absolute atomic E-state index is 11.6. The second-order valence-corrected chi connectivity index (χ2v) is 1.69. The highest BCUT2D eigenvalue weighted by molar-refractivity contribution is 5.70. The van der Waals surface area contributed by atoms with E-state index in [0.29, 0.717) is 0 Å². The number of hydrogen-bond acceptors (Lipinski definition) is 1. The van der Waals surface area contributed by atoms with Gasteiger partial charge in [0.1, 0.15) is 5.92 Å². The molecule has 54 valence electrons. The van der Waals surface area contributed by atoms with Gasteiger partial charge >= 0.3 is 5.97 Å². The second-order valence-electron chi connectivity index (χ2n) is 1.69. The van der Waals surface area contributed by atoms with E-state index >= 15 is 0 Å². The quantitative estimate of drug-likeness (QED) is 0.639. The van der Waals surface area contributed by atoms with Gasteiger partial charge in [0.15, 0.2) is 0 Å². The number of carboxylic acid groups (broad SMARTS) is 1. The van der Waals surface area contributed by atoms with Gasteiger partial charge in [-0.15, -0.1) is 0 Å². The van der Waals surface area contributed by atoms with Crippen LogP contribution in [0.5, 0.6) is 0 Å². The predicted octanol–water partition coefficient (Wildman–Crippen LogP) is 1.36. The zero-order valence-corrected chi connectivity index (χ0v) is 4.97. The normalized spacial score (nSPS) is 13.8. The Labute approximate surface area is 51.5 Å². The molecular weight excluding hydrogens is 130 g/mol. The van der Waals surface area contributed by atoms with Crippen LogP contribution in [0.4, 0.5) is 8.78 Å². The fourth-order valence-electron chi connectivity index (χ4n) is 0.461. The molecule has 0 aliphatic carbocycles. The largest absolute Gasteiger partial charge is 0.481 e. The molecule has 0 radical (unpaired) electrons. The lowest BCUT2D eigenvalue weighted by Crippen LogP contribution is -2.20. The molecule has 4 heteroatoms. The standard InChI is InChI=1S/C5H8F2O2/c1-2-3(4(6)7)5(8)9/h3-4H,2H2,1H3,(H,8,9)/t3-/m0/s1. The lowest BCUT2D eigenvalue weighted by molar-refractivity contribution is -0.147. The molecule has 1 atom stereocenters. The van der Waals surface area contributed by atoms with E-state index in [1.54, 1.807) is 0 Å². The minimum Gasteiger partial charge on any atom is -0.481 e. The van der Waals surface area contributed by atoms with E-state index in [9.17, 15) is 13.6 Å². The molecule has 0 bridgehead atoms. The fraction of sp³-hybridized carbons (Fsp3) is 0.800. The topological polar surface area (TPSA) is 37.3 Å². The van der Waals surface area contributed by atoms with E-state index in [1.807, 2.05) is 0 Å². The number of carboxylic acids is 1. The summed E-state index contributed by atoms with van der Waals surface area (Å²) in [5.41, 5.74) is 0. The number of alkyl halides is 2. The highest BCUT2D eigenvalue weighted by atomic mass is 19.3. The maximum Gasteiger partial charge on any atom is 0.312 e. The molecule has 0 aliphatic rings. The lowest BCUT2D eigenvalue weighted by atomic mass is 10.1.